The van der Waals surface area contributed by atoms with Crippen molar-refractivity contribution < 1.29 is 22.7 Å². The first-order valence-electron chi connectivity index (χ1n) is 8.65. The van der Waals surface area contributed by atoms with Crippen molar-refractivity contribution in [2.75, 3.05) is 7.05 Å². The number of ether oxygens (including phenoxy) is 1. The van der Waals surface area contributed by atoms with Crippen LogP contribution in [0.2, 0.25) is 0 Å². The Hall–Kier alpha value is -3.11. The van der Waals surface area contributed by atoms with Crippen LogP contribution < -0.4 is 21.9 Å². The van der Waals surface area contributed by atoms with E-state index in [1.165, 1.54) is 43.4 Å². The number of likely N-dealkylation sites (N-methyl/N-ethyl adjacent to an activating group) is 1. The van der Waals surface area contributed by atoms with E-state index in [1.807, 2.05) is 0 Å². The Morgan fingerprint density at radius 1 is 1.10 bits per heavy atom. The zero-order valence-electron chi connectivity index (χ0n) is 15.5. The number of alkyl halides is 2. The normalized spacial score (nSPS) is 19.1. The predicted octanol–water partition coefficient (Wildman–Crippen LogP) is 1.37. The van der Waals surface area contributed by atoms with Crippen molar-refractivity contribution in [3.63, 3.8) is 0 Å². The number of guanidine groups is 1. The van der Waals surface area contributed by atoms with Gasteiger partial charge in [0.1, 0.15) is 11.6 Å². The van der Waals surface area contributed by atoms with E-state index < -0.39 is 23.9 Å². The van der Waals surface area contributed by atoms with E-state index in [2.05, 4.69) is 9.73 Å². The second-order valence-electron chi connectivity index (χ2n) is 6.46. The molecule has 0 bridgehead atoms. The standard InChI is InChI=1S/C19H20F3N5O2/c1-27-16(28)19(26-18(27)25,12-2-4-14(20)10(6-12)8-23)13-3-5-15(29-17(21)22)11(7-13)9-24/h2-7,17H,8-9,23-24H2,1H3,(H2,25,26). The molecule has 0 aliphatic carbocycles. The molecule has 29 heavy (non-hydrogen) atoms. The molecule has 2 aromatic rings. The smallest absolute Gasteiger partial charge is 0.387 e. The molecule has 1 aliphatic heterocycles. The third-order valence-corrected chi connectivity index (χ3v) is 4.84. The summed E-state index contributed by atoms with van der Waals surface area (Å²) in [4.78, 5) is 18.7. The van der Waals surface area contributed by atoms with Crippen molar-refractivity contribution in [1.82, 2.24) is 4.90 Å². The zero-order chi connectivity index (χ0) is 21.3. The van der Waals surface area contributed by atoms with Crippen LogP contribution in [0, 0.1) is 5.82 Å². The summed E-state index contributed by atoms with van der Waals surface area (Å²) >= 11 is 0. The molecule has 6 N–H and O–H groups in total. The van der Waals surface area contributed by atoms with Crippen LogP contribution in [0.5, 0.6) is 5.75 Å². The number of nitrogens with two attached hydrogens (primary N) is 3. The van der Waals surface area contributed by atoms with E-state index in [1.54, 1.807) is 0 Å². The van der Waals surface area contributed by atoms with Gasteiger partial charge < -0.3 is 21.9 Å². The maximum atomic E-state index is 14.0. The first-order valence-corrected chi connectivity index (χ1v) is 8.65. The fourth-order valence-corrected chi connectivity index (χ4v) is 3.32. The molecule has 1 heterocycles. The third-order valence-electron chi connectivity index (χ3n) is 4.84. The van der Waals surface area contributed by atoms with Gasteiger partial charge in [0.2, 0.25) is 0 Å². The molecule has 0 aromatic heterocycles. The lowest BCUT2D eigenvalue weighted by molar-refractivity contribution is -0.129. The van der Waals surface area contributed by atoms with Gasteiger partial charge in [0.25, 0.3) is 5.91 Å². The van der Waals surface area contributed by atoms with Crippen LogP contribution in [0.4, 0.5) is 13.2 Å². The molecule has 0 fully saturated rings. The van der Waals surface area contributed by atoms with Gasteiger partial charge in [-0.05, 0) is 35.4 Å². The van der Waals surface area contributed by atoms with Crippen LogP contribution in [-0.4, -0.2) is 30.4 Å². The minimum absolute atomic E-state index is 0.0455. The minimum atomic E-state index is -3.03. The summed E-state index contributed by atoms with van der Waals surface area (Å²) < 4.78 is 43.8. The van der Waals surface area contributed by atoms with E-state index in [0.29, 0.717) is 11.1 Å². The highest BCUT2D eigenvalue weighted by Gasteiger charge is 2.49. The van der Waals surface area contributed by atoms with E-state index >= 15 is 0 Å². The van der Waals surface area contributed by atoms with E-state index in [9.17, 15) is 18.0 Å². The highest BCUT2D eigenvalue weighted by Crippen LogP contribution is 2.41. The molecule has 0 saturated heterocycles. The maximum absolute atomic E-state index is 14.0. The number of benzene rings is 2. The maximum Gasteiger partial charge on any atom is 0.387 e. The monoisotopic (exact) mass is 407 g/mol. The number of aliphatic imine (C=N–C) groups is 1. The van der Waals surface area contributed by atoms with Gasteiger partial charge >= 0.3 is 6.61 Å². The molecule has 2 aromatic carbocycles. The Morgan fingerprint density at radius 3 is 2.21 bits per heavy atom. The lowest BCUT2D eigenvalue weighted by Gasteiger charge is -2.27. The van der Waals surface area contributed by atoms with Gasteiger partial charge in [-0.3, -0.25) is 9.69 Å². The number of hydrogen-bond acceptors (Lipinski definition) is 6. The van der Waals surface area contributed by atoms with Crippen LogP contribution >= 0.6 is 0 Å². The van der Waals surface area contributed by atoms with Crippen LogP contribution in [0.3, 0.4) is 0 Å². The summed E-state index contributed by atoms with van der Waals surface area (Å²) in [6.07, 6.45) is 0. The number of carbonyl (C=O) groups is 1. The highest BCUT2D eigenvalue weighted by molar-refractivity contribution is 6.09. The lowest BCUT2D eigenvalue weighted by Crippen LogP contribution is -2.41. The second-order valence-corrected chi connectivity index (χ2v) is 6.46. The first kappa shape index (κ1) is 20.6. The number of hydrogen-bond donors (Lipinski definition) is 3. The fourth-order valence-electron chi connectivity index (χ4n) is 3.32. The molecule has 1 aliphatic rings. The summed E-state index contributed by atoms with van der Waals surface area (Å²) in [6.45, 7) is -3.24. The van der Waals surface area contributed by atoms with E-state index in [4.69, 9.17) is 17.2 Å². The average Bonchev–Trinajstić information content (AvgIpc) is 2.93. The molecule has 7 nitrogen and oxygen atoms in total. The molecule has 10 heteroatoms. The molecule has 1 unspecified atom stereocenters. The van der Waals surface area contributed by atoms with Crippen molar-refractivity contribution in [2.45, 2.75) is 25.2 Å². The molecule has 154 valence electrons. The molecule has 1 amide bonds. The number of rotatable bonds is 6. The summed E-state index contributed by atoms with van der Waals surface area (Å²) in [5.41, 5.74) is 16.6. The molecule has 0 radical (unpaired) electrons. The minimum Gasteiger partial charge on any atom is -0.434 e. The second kappa shape index (κ2) is 7.72. The van der Waals surface area contributed by atoms with Gasteiger partial charge in [0.15, 0.2) is 11.5 Å². The van der Waals surface area contributed by atoms with E-state index in [0.717, 1.165) is 4.90 Å². The van der Waals surface area contributed by atoms with Crippen LogP contribution in [0.25, 0.3) is 0 Å². The molecule has 3 rings (SSSR count). The predicted molar refractivity (Wildman–Crippen MR) is 100 cm³/mol. The fraction of sp³-hybridized carbons (Fsp3) is 0.263. The molecule has 0 spiro atoms. The molecule has 1 atom stereocenters. The Labute approximate surface area is 164 Å². The largest absolute Gasteiger partial charge is 0.434 e. The third kappa shape index (κ3) is 3.40. The SMILES string of the molecule is CN1C(=O)C(c2ccc(F)c(CN)c2)(c2ccc(OC(F)F)c(CN)c2)N=C1N. The Bertz CT molecular complexity index is 982. The summed E-state index contributed by atoms with van der Waals surface area (Å²) in [6, 6.07) is 8.21. The first-order chi connectivity index (χ1) is 13.7. The summed E-state index contributed by atoms with van der Waals surface area (Å²) in [7, 11) is 1.45. The van der Waals surface area contributed by atoms with Crippen molar-refractivity contribution >= 4 is 11.9 Å². The topological polar surface area (TPSA) is 120 Å². The molecular weight excluding hydrogens is 387 g/mol. The molecular formula is C19H20F3N5O2. The van der Waals surface area contributed by atoms with Crippen molar-refractivity contribution in [3.8, 4) is 5.75 Å². The van der Waals surface area contributed by atoms with Crippen LogP contribution in [-0.2, 0) is 23.4 Å². The van der Waals surface area contributed by atoms with Gasteiger partial charge in [0, 0.05) is 31.3 Å². The van der Waals surface area contributed by atoms with Gasteiger partial charge in [-0.2, -0.15) is 8.78 Å². The average molecular weight is 407 g/mol. The van der Waals surface area contributed by atoms with Gasteiger partial charge in [-0.15, -0.1) is 0 Å². The number of nitrogens with zero attached hydrogens (tertiary/aromatic N) is 2. The Kier molecular flexibility index (Phi) is 5.49. The highest BCUT2D eigenvalue weighted by atomic mass is 19.3. The lowest BCUT2D eigenvalue weighted by atomic mass is 9.81. The van der Waals surface area contributed by atoms with Gasteiger partial charge in [0.05, 0.1) is 0 Å². The van der Waals surface area contributed by atoms with Gasteiger partial charge in [-0.25, -0.2) is 9.38 Å². The van der Waals surface area contributed by atoms with Crippen molar-refractivity contribution in [1.29, 1.82) is 0 Å². The van der Waals surface area contributed by atoms with Crippen molar-refractivity contribution in [3.05, 3.63) is 64.5 Å². The summed E-state index contributed by atoms with van der Waals surface area (Å²) in [5.74, 6) is -1.17. The zero-order valence-corrected chi connectivity index (χ0v) is 15.5. The van der Waals surface area contributed by atoms with E-state index in [-0.39, 0.29) is 35.9 Å². The number of carbonyl (C=O) groups excluding carboxylic acids is 1. The van der Waals surface area contributed by atoms with Crippen LogP contribution in [0.15, 0.2) is 41.4 Å². The quantitative estimate of drug-likeness (QED) is 0.668. The van der Waals surface area contributed by atoms with Gasteiger partial charge in [-0.1, -0.05) is 12.1 Å². The van der Waals surface area contributed by atoms with Crippen LogP contribution in [0.1, 0.15) is 22.3 Å². The Balaban J connectivity index is 2.25. The number of halogens is 3. The summed E-state index contributed by atoms with van der Waals surface area (Å²) in [5, 5.41) is 0. The number of amides is 1. The Morgan fingerprint density at radius 2 is 1.69 bits per heavy atom. The molecule has 0 saturated carbocycles. The van der Waals surface area contributed by atoms with Crippen molar-refractivity contribution in [2.24, 2.45) is 22.2 Å².